The van der Waals surface area contributed by atoms with Crippen LogP contribution in [0.2, 0.25) is 0 Å². The lowest BCUT2D eigenvalue weighted by atomic mass is 9.99. The van der Waals surface area contributed by atoms with Crippen LogP contribution in [0.25, 0.3) is 0 Å². The molecular weight excluding hydrogens is 955 g/mol. The van der Waals surface area contributed by atoms with E-state index in [2.05, 4.69) is 57.2 Å². The zero-order valence-electron chi connectivity index (χ0n) is 37.0. The Bertz CT molecular complexity index is 2830. The number of benzene rings is 4. The van der Waals surface area contributed by atoms with E-state index in [4.69, 9.17) is 9.97 Å². The summed E-state index contributed by atoms with van der Waals surface area (Å²) in [7, 11) is -8.51. The molecule has 0 atom stereocenters. The van der Waals surface area contributed by atoms with Crippen LogP contribution in [0.1, 0.15) is 63.7 Å². The lowest BCUT2D eigenvalue weighted by Gasteiger charge is -2.34. The summed E-state index contributed by atoms with van der Waals surface area (Å²) in [6.07, 6.45) is -5.87. The molecule has 0 saturated carbocycles. The predicted octanol–water partition coefficient (Wildman–Crippen LogP) is 10.1. The molecule has 8 rings (SSSR count). The molecule has 2 aliphatic heterocycles. The smallest absolute Gasteiger partial charge is 0.345 e. The highest BCUT2D eigenvalue weighted by Crippen LogP contribution is 2.37. The van der Waals surface area contributed by atoms with Crippen molar-refractivity contribution in [2.75, 3.05) is 62.2 Å². The molecule has 0 N–H and O–H groups in total. The number of nitrogens with zero attached hydrogens (tertiary/aromatic N) is 6. The van der Waals surface area contributed by atoms with Gasteiger partial charge in [0.15, 0.2) is 10.3 Å². The van der Waals surface area contributed by atoms with Gasteiger partial charge in [-0.25, -0.2) is 26.8 Å². The van der Waals surface area contributed by atoms with E-state index in [-0.39, 0.29) is 26.2 Å². The Morgan fingerprint density at radius 3 is 1.36 bits per heavy atom. The van der Waals surface area contributed by atoms with E-state index in [0.717, 1.165) is 73.8 Å². The molecule has 0 spiro atoms. The second-order valence-electron chi connectivity index (χ2n) is 16.3. The van der Waals surface area contributed by atoms with Crippen molar-refractivity contribution >= 4 is 53.0 Å². The van der Waals surface area contributed by atoms with Crippen LogP contribution in [0, 0.1) is 13.8 Å². The summed E-state index contributed by atoms with van der Waals surface area (Å²) >= 11 is 2.99. The molecule has 0 bridgehead atoms. The molecule has 2 aromatic heterocycles. The first-order valence-corrected chi connectivity index (χ1v) is 26.2. The van der Waals surface area contributed by atoms with Crippen LogP contribution in [0.15, 0.2) is 112 Å². The highest BCUT2D eigenvalue weighted by atomic mass is 32.2. The van der Waals surface area contributed by atoms with Crippen LogP contribution >= 0.6 is 22.7 Å². The topological polar surface area (TPSA) is 107 Å². The minimum absolute atomic E-state index is 0.0976. The molecule has 0 amide bonds. The average Bonchev–Trinajstić information content (AvgIpc) is 3.98. The Balaban J connectivity index is 0.000000199. The third kappa shape index (κ3) is 11.9. The van der Waals surface area contributed by atoms with Gasteiger partial charge in [0.2, 0.25) is 20.0 Å². The lowest BCUT2D eigenvalue weighted by Crippen LogP contribution is -2.49. The van der Waals surface area contributed by atoms with Crippen LogP contribution in [-0.2, 0) is 51.7 Å². The first-order chi connectivity index (χ1) is 31.7. The molecule has 6 aromatic rings. The number of alkyl halides is 6. The van der Waals surface area contributed by atoms with Crippen LogP contribution in [-0.4, -0.2) is 87.8 Å². The van der Waals surface area contributed by atoms with Gasteiger partial charge in [-0.1, -0.05) is 80.1 Å². The molecule has 20 heteroatoms. The monoisotopic (exact) mass is 1000 g/mol. The van der Waals surface area contributed by atoms with Gasteiger partial charge < -0.3 is 9.80 Å². The van der Waals surface area contributed by atoms with Crippen molar-refractivity contribution in [3.63, 3.8) is 0 Å². The SMILES string of the molecule is CCCc1ccc(Cc2csc(N3CCN(S(=O)(=O)c4ccccc4C(F)(F)F)CC3)n2)cc1.Cc1cccc(C)c1Cc1csc(N2CCN(S(=O)(=O)c3ccccc3C(F)(F)F)CC2)n1. The van der Waals surface area contributed by atoms with E-state index in [0.29, 0.717) is 32.6 Å². The first-order valence-electron chi connectivity index (χ1n) is 21.6. The summed E-state index contributed by atoms with van der Waals surface area (Å²) in [6.45, 7) is 8.16. The van der Waals surface area contributed by atoms with Crippen LogP contribution in [0.5, 0.6) is 0 Å². The van der Waals surface area contributed by atoms with Gasteiger partial charge in [0.1, 0.15) is 0 Å². The van der Waals surface area contributed by atoms with E-state index >= 15 is 0 Å². The van der Waals surface area contributed by atoms with Gasteiger partial charge in [0.05, 0.1) is 32.3 Å². The quantitative estimate of drug-likeness (QED) is 0.112. The Hall–Kier alpha value is -4.86. The summed E-state index contributed by atoms with van der Waals surface area (Å²) in [4.78, 5) is 12.0. The van der Waals surface area contributed by atoms with Crippen molar-refractivity contribution in [2.45, 2.75) is 68.6 Å². The van der Waals surface area contributed by atoms with E-state index in [1.165, 1.54) is 74.8 Å². The molecule has 0 aliphatic carbocycles. The largest absolute Gasteiger partial charge is 0.417 e. The molecule has 358 valence electrons. The number of aryl methyl sites for hydroxylation is 3. The fraction of sp³-hybridized carbons (Fsp3) is 0.362. The molecule has 2 fully saturated rings. The number of halogens is 6. The van der Waals surface area contributed by atoms with Gasteiger partial charge in [-0.3, -0.25) is 0 Å². The lowest BCUT2D eigenvalue weighted by molar-refractivity contribution is -0.140. The third-order valence-corrected chi connectivity index (χ3v) is 17.5. The summed E-state index contributed by atoms with van der Waals surface area (Å²) in [5.74, 6) is 0. The van der Waals surface area contributed by atoms with Gasteiger partial charge in [-0.05, 0) is 72.4 Å². The molecule has 0 radical (unpaired) electrons. The van der Waals surface area contributed by atoms with E-state index in [1.807, 2.05) is 26.6 Å². The molecule has 4 aromatic carbocycles. The fourth-order valence-corrected chi connectivity index (χ4v) is 13.1. The number of piperazine rings is 2. The summed E-state index contributed by atoms with van der Waals surface area (Å²) in [6, 6.07) is 23.4. The number of sulfonamides is 2. The normalized spacial score (nSPS) is 15.7. The van der Waals surface area contributed by atoms with Crippen molar-refractivity contribution in [3.8, 4) is 0 Å². The molecule has 2 aliphatic rings. The second-order valence-corrected chi connectivity index (χ2v) is 21.8. The Labute approximate surface area is 395 Å². The van der Waals surface area contributed by atoms with Crippen molar-refractivity contribution in [2.24, 2.45) is 0 Å². The number of anilines is 2. The Morgan fingerprint density at radius 2 is 0.940 bits per heavy atom. The predicted molar refractivity (Wildman–Crippen MR) is 251 cm³/mol. The van der Waals surface area contributed by atoms with E-state index in [1.54, 1.807) is 0 Å². The van der Waals surface area contributed by atoms with Crippen molar-refractivity contribution in [1.82, 2.24) is 18.6 Å². The molecule has 0 unspecified atom stereocenters. The van der Waals surface area contributed by atoms with E-state index < -0.39 is 53.3 Å². The molecule has 2 saturated heterocycles. The summed E-state index contributed by atoms with van der Waals surface area (Å²) in [5, 5.41) is 5.59. The zero-order valence-corrected chi connectivity index (χ0v) is 40.3. The van der Waals surface area contributed by atoms with Crippen LogP contribution in [0.3, 0.4) is 0 Å². The summed E-state index contributed by atoms with van der Waals surface area (Å²) < 4.78 is 134. The summed E-state index contributed by atoms with van der Waals surface area (Å²) in [5.41, 5.74) is 5.78. The van der Waals surface area contributed by atoms with Gasteiger partial charge in [-0.15, -0.1) is 22.7 Å². The zero-order chi connectivity index (χ0) is 48.1. The fourth-order valence-electron chi connectivity index (χ4n) is 8.05. The van der Waals surface area contributed by atoms with Gasteiger partial charge in [-0.2, -0.15) is 35.0 Å². The molecule has 67 heavy (non-hydrogen) atoms. The van der Waals surface area contributed by atoms with Gasteiger partial charge >= 0.3 is 12.4 Å². The van der Waals surface area contributed by atoms with Gasteiger partial charge in [0, 0.05) is 76.0 Å². The second kappa shape index (κ2) is 20.8. The number of thiazole rings is 2. The number of hydrogen-bond acceptors (Lipinski definition) is 10. The Kier molecular flexibility index (Phi) is 15.5. The first kappa shape index (κ1) is 50.0. The van der Waals surface area contributed by atoms with Crippen LogP contribution in [0.4, 0.5) is 36.6 Å². The van der Waals surface area contributed by atoms with Crippen molar-refractivity contribution in [1.29, 1.82) is 0 Å². The average molecular weight is 1010 g/mol. The maximum atomic E-state index is 13.3. The number of aromatic nitrogens is 2. The number of hydrogen-bond donors (Lipinski definition) is 0. The molecule has 10 nitrogen and oxygen atoms in total. The maximum Gasteiger partial charge on any atom is 0.417 e. The van der Waals surface area contributed by atoms with Crippen molar-refractivity contribution < 1.29 is 43.2 Å². The maximum absolute atomic E-state index is 13.3. The standard InChI is InChI=1S/C24H26F3N3O2S2.C23H24F3N3O2S2/c1-2-5-18-8-10-19(11-9-18)16-20-17-33-23(28-20)29-12-14-30(15-13-29)34(31,32)22-7-4-3-6-21(22)24(25,26)27;1-16-6-5-7-17(2)19(16)14-18-15-32-22(27-18)28-10-12-29(13-11-28)33(30,31)21-9-4-3-8-20(21)23(24,25)26/h3-4,6-11,17H,2,5,12-16H2,1H3;3-9,15H,10-14H2,1-2H3. The highest BCUT2D eigenvalue weighted by molar-refractivity contribution is 7.89. The highest BCUT2D eigenvalue weighted by Gasteiger charge is 2.41. The number of rotatable bonds is 12. The van der Waals surface area contributed by atoms with Crippen molar-refractivity contribution in [3.05, 3.63) is 152 Å². The minimum Gasteiger partial charge on any atom is -0.345 e. The molecular formula is C47H50F6N6O4S4. The third-order valence-electron chi connectivity index (χ3n) is 11.7. The minimum atomic E-state index is -4.74. The Morgan fingerprint density at radius 1 is 0.537 bits per heavy atom. The molecule has 4 heterocycles. The van der Waals surface area contributed by atoms with Gasteiger partial charge in [0.25, 0.3) is 0 Å². The van der Waals surface area contributed by atoms with E-state index in [9.17, 15) is 43.2 Å². The van der Waals surface area contributed by atoms with Crippen LogP contribution < -0.4 is 9.80 Å².